The fourth-order valence-corrected chi connectivity index (χ4v) is 3.07. The van der Waals surface area contributed by atoms with Crippen LogP contribution in [0.4, 0.5) is 11.6 Å². The van der Waals surface area contributed by atoms with Gasteiger partial charge in [0.25, 0.3) is 0 Å². The van der Waals surface area contributed by atoms with E-state index in [-0.39, 0.29) is 18.4 Å². The number of aryl methyl sites for hydroxylation is 1. The van der Waals surface area contributed by atoms with Crippen molar-refractivity contribution in [2.45, 2.75) is 13.5 Å². The van der Waals surface area contributed by atoms with E-state index in [1.54, 1.807) is 15.4 Å². The molecule has 8 nitrogen and oxygen atoms in total. The van der Waals surface area contributed by atoms with E-state index >= 15 is 0 Å². The third kappa shape index (κ3) is 3.57. The highest BCUT2D eigenvalue weighted by Gasteiger charge is 2.11. The van der Waals surface area contributed by atoms with Crippen LogP contribution in [-0.2, 0) is 11.3 Å². The van der Waals surface area contributed by atoms with Crippen LogP contribution in [0, 0.1) is 6.92 Å². The molecule has 3 aromatic heterocycles. The molecule has 1 N–H and O–H groups in total. The van der Waals surface area contributed by atoms with Crippen LogP contribution < -0.4 is 10.2 Å². The Morgan fingerprint density at radius 2 is 1.96 bits per heavy atom. The highest BCUT2D eigenvalue weighted by Crippen LogP contribution is 2.29. The van der Waals surface area contributed by atoms with Crippen molar-refractivity contribution in [2.75, 3.05) is 24.3 Å². The summed E-state index contributed by atoms with van der Waals surface area (Å²) in [5.41, 5.74) is 4.90. The van der Waals surface area contributed by atoms with Gasteiger partial charge in [-0.25, -0.2) is 4.52 Å². The summed E-state index contributed by atoms with van der Waals surface area (Å²) in [4.78, 5) is 18.7. The average molecular weight is 375 g/mol. The van der Waals surface area contributed by atoms with E-state index in [9.17, 15) is 4.79 Å². The Kier molecular flexibility index (Phi) is 4.52. The molecule has 4 aromatic rings. The number of rotatable bonds is 5. The second-order valence-electron chi connectivity index (χ2n) is 6.83. The van der Waals surface area contributed by atoms with Gasteiger partial charge in [-0.05, 0) is 30.7 Å². The number of pyridine rings is 1. The van der Waals surface area contributed by atoms with Gasteiger partial charge in [0.2, 0.25) is 11.9 Å². The molecule has 8 heteroatoms. The first-order valence-corrected chi connectivity index (χ1v) is 8.92. The minimum absolute atomic E-state index is 0.116. The summed E-state index contributed by atoms with van der Waals surface area (Å²) in [6.07, 6.45) is 5.44. The van der Waals surface area contributed by atoms with Crippen LogP contribution in [0.2, 0.25) is 0 Å². The molecule has 0 aliphatic rings. The normalized spacial score (nSPS) is 11.0. The van der Waals surface area contributed by atoms with Crippen LogP contribution >= 0.6 is 0 Å². The minimum atomic E-state index is -0.225. The standard InChI is InChI=1S/C20H21N7O/c1-14-10-21-26(11-14)13-19(28)23-20-22-18-9-8-15(12-27(18)24-20)16-6-4-5-7-17(16)25(2)3/h4-12H,13H2,1-3H3,(H,23,24,28). The fraction of sp³-hybridized carbons (Fsp3) is 0.200. The number of carbonyl (C=O) groups excluding carboxylic acids is 1. The maximum absolute atomic E-state index is 12.2. The molecule has 0 aliphatic carbocycles. The number of carbonyl (C=O) groups is 1. The quantitative estimate of drug-likeness (QED) is 0.580. The molecule has 0 fully saturated rings. The molecular formula is C20H21N7O. The maximum Gasteiger partial charge on any atom is 0.249 e. The molecular weight excluding hydrogens is 354 g/mol. The lowest BCUT2D eigenvalue weighted by molar-refractivity contribution is -0.116. The predicted octanol–water partition coefficient (Wildman–Crippen LogP) is 2.61. The number of para-hydroxylation sites is 1. The molecule has 28 heavy (non-hydrogen) atoms. The van der Waals surface area contributed by atoms with Crippen LogP contribution in [0.5, 0.6) is 0 Å². The molecule has 0 unspecified atom stereocenters. The second-order valence-corrected chi connectivity index (χ2v) is 6.83. The van der Waals surface area contributed by atoms with Crippen molar-refractivity contribution in [3.05, 3.63) is 60.6 Å². The Bertz CT molecular complexity index is 1140. The fourth-order valence-electron chi connectivity index (χ4n) is 3.07. The third-order valence-corrected chi connectivity index (χ3v) is 4.35. The van der Waals surface area contributed by atoms with Gasteiger partial charge in [0.15, 0.2) is 5.65 Å². The zero-order chi connectivity index (χ0) is 19.7. The Balaban J connectivity index is 1.58. The lowest BCUT2D eigenvalue weighted by Crippen LogP contribution is -2.19. The van der Waals surface area contributed by atoms with E-state index in [0.29, 0.717) is 5.65 Å². The van der Waals surface area contributed by atoms with Gasteiger partial charge in [-0.2, -0.15) is 10.1 Å². The molecule has 1 amide bonds. The third-order valence-electron chi connectivity index (χ3n) is 4.35. The first kappa shape index (κ1) is 17.7. The summed E-state index contributed by atoms with van der Waals surface area (Å²) in [6, 6.07) is 12.1. The minimum Gasteiger partial charge on any atom is -0.377 e. The monoisotopic (exact) mass is 375 g/mol. The SMILES string of the molecule is Cc1cnn(CC(=O)Nc2nc3ccc(-c4ccccc4N(C)C)cn3n2)c1. The molecule has 0 saturated heterocycles. The maximum atomic E-state index is 12.2. The van der Waals surface area contributed by atoms with E-state index in [2.05, 4.69) is 37.5 Å². The Labute approximate surface area is 162 Å². The number of nitrogens with one attached hydrogen (secondary N) is 1. The summed E-state index contributed by atoms with van der Waals surface area (Å²) < 4.78 is 3.26. The Morgan fingerprint density at radius 3 is 2.71 bits per heavy atom. The van der Waals surface area contributed by atoms with Gasteiger partial charge in [-0.3, -0.25) is 14.8 Å². The molecule has 0 aliphatic heterocycles. The van der Waals surface area contributed by atoms with E-state index in [4.69, 9.17) is 0 Å². The number of fused-ring (bicyclic) bond motifs is 1. The molecule has 0 saturated carbocycles. The molecule has 142 valence electrons. The number of amides is 1. The van der Waals surface area contributed by atoms with Crippen molar-refractivity contribution in [2.24, 2.45) is 0 Å². The van der Waals surface area contributed by atoms with Crippen LogP contribution in [-0.4, -0.2) is 44.4 Å². The van der Waals surface area contributed by atoms with Crippen molar-refractivity contribution in [3.63, 3.8) is 0 Å². The Morgan fingerprint density at radius 1 is 1.14 bits per heavy atom. The predicted molar refractivity (Wildman–Crippen MR) is 108 cm³/mol. The lowest BCUT2D eigenvalue weighted by Gasteiger charge is -2.17. The van der Waals surface area contributed by atoms with Crippen LogP contribution in [0.25, 0.3) is 16.8 Å². The Hall–Kier alpha value is -3.68. The smallest absolute Gasteiger partial charge is 0.249 e. The van der Waals surface area contributed by atoms with Gasteiger partial charge >= 0.3 is 0 Å². The summed E-state index contributed by atoms with van der Waals surface area (Å²) in [7, 11) is 4.03. The van der Waals surface area contributed by atoms with Gasteiger partial charge in [-0.15, -0.1) is 5.10 Å². The number of hydrogen-bond acceptors (Lipinski definition) is 5. The second kappa shape index (κ2) is 7.15. The summed E-state index contributed by atoms with van der Waals surface area (Å²) in [6.45, 7) is 2.04. The first-order valence-electron chi connectivity index (χ1n) is 8.92. The van der Waals surface area contributed by atoms with Crippen molar-refractivity contribution in [1.82, 2.24) is 24.4 Å². The molecule has 4 rings (SSSR count). The molecule has 0 atom stereocenters. The molecule has 0 radical (unpaired) electrons. The first-order chi connectivity index (χ1) is 13.5. The molecule has 3 heterocycles. The van der Waals surface area contributed by atoms with Crippen molar-refractivity contribution < 1.29 is 4.79 Å². The topological polar surface area (TPSA) is 80.4 Å². The van der Waals surface area contributed by atoms with Gasteiger partial charge in [0.05, 0.1) is 6.20 Å². The summed E-state index contributed by atoms with van der Waals surface area (Å²) >= 11 is 0. The summed E-state index contributed by atoms with van der Waals surface area (Å²) in [5, 5.41) is 11.2. The largest absolute Gasteiger partial charge is 0.377 e. The highest BCUT2D eigenvalue weighted by atomic mass is 16.2. The van der Waals surface area contributed by atoms with Gasteiger partial charge in [-0.1, -0.05) is 18.2 Å². The zero-order valence-corrected chi connectivity index (χ0v) is 16.0. The van der Waals surface area contributed by atoms with Gasteiger partial charge < -0.3 is 4.90 Å². The van der Waals surface area contributed by atoms with Crippen LogP contribution in [0.3, 0.4) is 0 Å². The molecule has 0 bridgehead atoms. The van der Waals surface area contributed by atoms with E-state index in [0.717, 1.165) is 22.4 Å². The van der Waals surface area contributed by atoms with Gasteiger partial charge in [0, 0.05) is 43.3 Å². The lowest BCUT2D eigenvalue weighted by atomic mass is 10.1. The van der Waals surface area contributed by atoms with Crippen LogP contribution in [0.1, 0.15) is 5.56 Å². The van der Waals surface area contributed by atoms with E-state index < -0.39 is 0 Å². The van der Waals surface area contributed by atoms with Crippen molar-refractivity contribution in [1.29, 1.82) is 0 Å². The summed E-state index contributed by atoms with van der Waals surface area (Å²) in [5.74, 6) is 0.0455. The van der Waals surface area contributed by atoms with Gasteiger partial charge in [0.1, 0.15) is 6.54 Å². The number of anilines is 2. The average Bonchev–Trinajstić information content (AvgIpc) is 3.25. The van der Waals surface area contributed by atoms with E-state index in [1.165, 1.54) is 0 Å². The zero-order valence-electron chi connectivity index (χ0n) is 16.0. The molecule has 0 spiro atoms. The van der Waals surface area contributed by atoms with E-state index in [1.807, 2.05) is 57.7 Å². The number of benzene rings is 1. The van der Waals surface area contributed by atoms with Crippen molar-refractivity contribution >= 4 is 23.2 Å². The van der Waals surface area contributed by atoms with Crippen LogP contribution in [0.15, 0.2) is 55.0 Å². The molecule has 1 aromatic carbocycles. The van der Waals surface area contributed by atoms with Crippen molar-refractivity contribution in [3.8, 4) is 11.1 Å². The number of hydrogen-bond donors (Lipinski definition) is 1. The number of nitrogens with zero attached hydrogens (tertiary/aromatic N) is 6. The highest BCUT2D eigenvalue weighted by molar-refractivity contribution is 5.89. The number of aromatic nitrogens is 5.